The van der Waals surface area contributed by atoms with E-state index >= 15 is 0 Å². The summed E-state index contributed by atoms with van der Waals surface area (Å²) in [6.45, 7) is 6.59. The van der Waals surface area contributed by atoms with Gasteiger partial charge in [-0.05, 0) is 48.0 Å². The Kier molecular flexibility index (Phi) is 6.77. The van der Waals surface area contributed by atoms with Crippen molar-refractivity contribution in [1.29, 1.82) is 0 Å². The van der Waals surface area contributed by atoms with E-state index in [2.05, 4.69) is 31.2 Å². The lowest BCUT2D eigenvalue weighted by atomic mass is 10.1. The Labute approximate surface area is 181 Å². The van der Waals surface area contributed by atoms with Crippen LogP contribution in [0, 0.1) is 5.82 Å². The van der Waals surface area contributed by atoms with E-state index in [9.17, 15) is 9.18 Å². The summed E-state index contributed by atoms with van der Waals surface area (Å²) >= 11 is 1.89. The molecule has 2 aromatic carbocycles. The lowest BCUT2D eigenvalue weighted by Gasteiger charge is -2.17. The summed E-state index contributed by atoms with van der Waals surface area (Å²) in [5, 5.41) is 7.14. The van der Waals surface area contributed by atoms with E-state index in [-0.39, 0.29) is 16.5 Å². The summed E-state index contributed by atoms with van der Waals surface area (Å²) in [4.78, 5) is 12.3. The molecule has 0 aliphatic carbocycles. The quantitative estimate of drug-likeness (QED) is 0.501. The summed E-state index contributed by atoms with van der Waals surface area (Å²) < 4.78 is 15.1. The highest BCUT2D eigenvalue weighted by atomic mass is 32.2. The first kappa shape index (κ1) is 21.8. The van der Waals surface area contributed by atoms with Gasteiger partial charge in [0.2, 0.25) is 5.91 Å². The topological polar surface area (TPSA) is 46.9 Å². The summed E-state index contributed by atoms with van der Waals surface area (Å²) in [7, 11) is 1.82. The van der Waals surface area contributed by atoms with Crippen LogP contribution in [0.15, 0.2) is 60.8 Å². The molecule has 1 aromatic heterocycles. The molecule has 30 heavy (non-hydrogen) atoms. The minimum absolute atomic E-state index is 0.219. The third kappa shape index (κ3) is 6.07. The molecule has 4 nitrogen and oxygen atoms in total. The first-order chi connectivity index (χ1) is 14.2. The largest absolute Gasteiger partial charge is 0.323 e. The van der Waals surface area contributed by atoms with Gasteiger partial charge in [-0.25, -0.2) is 4.39 Å². The number of halogens is 1. The fourth-order valence-electron chi connectivity index (χ4n) is 2.87. The average molecular weight is 424 g/mol. The van der Waals surface area contributed by atoms with Crippen LogP contribution in [-0.2, 0) is 17.6 Å². The predicted molar refractivity (Wildman–Crippen MR) is 124 cm³/mol. The van der Waals surface area contributed by atoms with Gasteiger partial charge in [-0.1, -0.05) is 32.9 Å². The molecule has 156 valence electrons. The van der Waals surface area contributed by atoms with Crippen LogP contribution in [-0.4, -0.2) is 20.4 Å². The van der Waals surface area contributed by atoms with Gasteiger partial charge >= 0.3 is 0 Å². The fourth-order valence-corrected chi connectivity index (χ4v) is 3.66. The average Bonchev–Trinajstić information content (AvgIpc) is 3.06. The van der Waals surface area contributed by atoms with Crippen molar-refractivity contribution in [3.8, 4) is 11.3 Å². The fraction of sp³-hybridized carbons (Fsp3) is 0.250. The normalized spacial score (nSPS) is 11.8. The lowest BCUT2D eigenvalue weighted by Crippen LogP contribution is -2.08. The molecule has 0 aliphatic heterocycles. The van der Waals surface area contributed by atoms with Gasteiger partial charge in [0.05, 0.1) is 11.9 Å². The number of hydrogen-bond acceptors (Lipinski definition) is 3. The maximum absolute atomic E-state index is 13.2. The third-order valence-corrected chi connectivity index (χ3v) is 5.74. The van der Waals surface area contributed by atoms with Crippen molar-refractivity contribution in [2.24, 2.45) is 7.05 Å². The molecule has 0 spiro atoms. The molecule has 0 saturated heterocycles. The molecule has 3 aromatic rings. The second-order valence-electron chi connectivity index (χ2n) is 8.00. The molecule has 0 saturated carbocycles. The van der Waals surface area contributed by atoms with Crippen LogP contribution in [0.3, 0.4) is 0 Å². The molecule has 0 fully saturated rings. The van der Waals surface area contributed by atoms with Crippen molar-refractivity contribution in [3.05, 3.63) is 77.7 Å². The zero-order chi connectivity index (χ0) is 21.7. The molecule has 3 rings (SSSR count). The molecule has 0 atom stereocenters. The van der Waals surface area contributed by atoms with Gasteiger partial charge in [0.15, 0.2) is 0 Å². The van der Waals surface area contributed by atoms with Crippen molar-refractivity contribution >= 4 is 29.4 Å². The molecule has 6 heteroatoms. The van der Waals surface area contributed by atoms with Gasteiger partial charge in [0.1, 0.15) is 5.82 Å². The number of amides is 1. The molecule has 0 bridgehead atoms. The zero-order valence-corrected chi connectivity index (χ0v) is 18.5. The van der Waals surface area contributed by atoms with Gasteiger partial charge in [0, 0.05) is 40.4 Å². The lowest BCUT2D eigenvalue weighted by molar-refractivity contribution is -0.111. The number of aromatic nitrogens is 2. The summed E-state index contributed by atoms with van der Waals surface area (Å²) in [6.07, 6.45) is 4.88. The number of nitrogens with one attached hydrogen (secondary N) is 1. The highest BCUT2D eigenvalue weighted by molar-refractivity contribution is 7.99. The Morgan fingerprint density at radius 1 is 1.13 bits per heavy atom. The Bertz CT molecular complexity index is 1030. The van der Waals surface area contributed by atoms with Crippen molar-refractivity contribution in [2.75, 3.05) is 5.32 Å². The Morgan fingerprint density at radius 3 is 2.43 bits per heavy atom. The van der Waals surface area contributed by atoms with Crippen molar-refractivity contribution < 1.29 is 9.18 Å². The summed E-state index contributed by atoms with van der Waals surface area (Å²) in [5.41, 5.74) is 4.41. The molecule has 0 aliphatic rings. The van der Waals surface area contributed by atoms with Gasteiger partial charge in [0.25, 0.3) is 0 Å². The van der Waals surface area contributed by atoms with Crippen LogP contribution in [0.4, 0.5) is 10.1 Å². The molecule has 0 unspecified atom stereocenters. The number of thioether (sulfide) groups is 1. The first-order valence-corrected chi connectivity index (χ1v) is 10.7. The van der Waals surface area contributed by atoms with Crippen LogP contribution in [0.5, 0.6) is 0 Å². The minimum atomic E-state index is -0.291. The van der Waals surface area contributed by atoms with Gasteiger partial charge < -0.3 is 5.32 Å². The molecule has 1 N–H and O–H groups in total. The first-order valence-electron chi connectivity index (χ1n) is 9.71. The Balaban J connectivity index is 1.65. The summed E-state index contributed by atoms with van der Waals surface area (Å²) in [5.74, 6) is 0.422. The van der Waals surface area contributed by atoms with Crippen LogP contribution in [0.1, 0.15) is 31.9 Å². The number of carbonyl (C=O) groups excluding carboxylic acids is 1. The Morgan fingerprint density at radius 2 is 1.80 bits per heavy atom. The van der Waals surface area contributed by atoms with E-state index in [1.807, 2.05) is 43.1 Å². The molecule has 1 heterocycles. The standard InChI is InChI=1S/C24H26FN3OS/c1-24(2,3)30-16-17-5-12-21(13-6-17)27-22(29)14-9-19-15-26-28(4)23(19)18-7-10-20(25)11-8-18/h5-15H,16H2,1-4H3,(H,27,29). The molecular weight excluding hydrogens is 397 g/mol. The van der Waals surface area contributed by atoms with Crippen molar-refractivity contribution in [2.45, 2.75) is 31.3 Å². The van der Waals surface area contributed by atoms with E-state index in [1.165, 1.54) is 23.8 Å². The van der Waals surface area contributed by atoms with E-state index in [0.29, 0.717) is 0 Å². The molecule has 0 radical (unpaired) electrons. The third-order valence-electron chi connectivity index (χ3n) is 4.39. The number of carbonyl (C=O) groups is 1. The number of rotatable bonds is 6. The van der Waals surface area contributed by atoms with E-state index in [1.54, 1.807) is 29.1 Å². The number of hydrogen-bond donors (Lipinski definition) is 1. The van der Waals surface area contributed by atoms with E-state index in [0.717, 1.165) is 28.3 Å². The maximum Gasteiger partial charge on any atom is 0.248 e. The summed E-state index contributed by atoms with van der Waals surface area (Å²) in [6, 6.07) is 14.1. The van der Waals surface area contributed by atoms with E-state index < -0.39 is 0 Å². The zero-order valence-electron chi connectivity index (χ0n) is 17.6. The van der Waals surface area contributed by atoms with Crippen LogP contribution >= 0.6 is 11.8 Å². The second-order valence-corrected chi connectivity index (χ2v) is 9.80. The second kappa shape index (κ2) is 9.30. The van der Waals surface area contributed by atoms with Crippen molar-refractivity contribution in [3.63, 3.8) is 0 Å². The van der Waals surface area contributed by atoms with Crippen LogP contribution in [0.2, 0.25) is 0 Å². The molecular formula is C24H26FN3OS. The number of aryl methyl sites for hydroxylation is 1. The highest BCUT2D eigenvalue weighted by Gasteiger charge is 2.11. The van der Waals surface area contributed by atoms with Crippen molar-refractivity contribution in [1.82, 2.24) is 9.78 Å². The van der Waals surface area contributed by atoms with Gasteiger partial charge in [-0.15, -0.1) is 0 Å². The van der Waals surface area contributed by atoms with Gasteiger partial charge in [-0.2, -0.15) is 16.9 Å². The highest BCUT2D eigenvalue weighted by Crippen LogP contribution is 2.27. The van der Waals surface area contributed by atoms with Gasteiger partial charge in [-0.3, -0.25) is 9.48 Å². The number of nitrogens with zero attached hydrogens (tertiary/aromatic N) is 2. The smallest absolute Gasteiger partial charge is 0.248 e. The van der Waals surface area contributed by atoms with Crippen LogP contribution in [0.25, 0.3) is 17.3 Å². The monoisotopic (exact) mass is 423 g/mol. The minimum Gasteiger partial charge on any atom is -0.323 e. The molecule has 1 amide bonds. The number of benzene rings is 2. The van der Waals surface area contributed by atoms with E-state index in [4.69, 9.17) is 0 Å². The SMILES string of the molecule is Cn1ncc(C=CC(=O)Nc2ccc(CSC(C)(C)C)cc2)c1-c1ccc(F)cc1. The maximum atomic E-state index is 13.2. The number of anilines is 1. The Hall–Kier alpha value is -2.86. The van der Waals surface area contributed by atoms with Crippen LogP contribution < -0.4 is 5.32 Å². The predicted octanol–water partition coefficient (Wildman–Crippen LogP) is 5.91.